The number of aromatic nitrogens is 2. The lowest BCUT2D eigenvalue weighted by atomic mass is 10.0. The van der Waals surface area contributed by atoms with E-state index in [0.717, 1.165) is 55.0 Å². The third kappa shape index (κ3) is 2.93. The van der Waals surface area contributed by atoms with Crippen molar-refractivity contribution in [3.8, 4) is 23.5 Å². The molecule has 2 heterocycles. The lowest BCUT2D eigenvalue weighted by Crippen LogP contribution is -2.04. The van der Waals surface area contributed by atoms with Crippen LogP contribution in [0.1, 0.15) is 11.1 Å². The average Bonchev–Trinajstić information content (AvgIpc) is 3.53. The highest BCUT2D eigenvalue weighted by molar-refractivity contribution is 6.21. The van der Waals surface area contributed by atoms with E-state index >= 15 is 0 Å². The first-order valence-corrected chi connectivity index (χ1v) is 13.2. The molecule has 40 heavy (non-hydrogen) atoms. The summed E-state index contributed by atoms with van der Waals surface area (Å²) in [6.45, 7) is 0. The summed E-state index contributed by atoms with van der Waals surface area (Å²) in [5, 5.41) is 27.5. The normalized spacial score (nSPS) is 11.4. The Hall–Kier alpha value is -5.84. The second kappa shape index (κ2) is 8.33. The summed E-state index contributed by atoms with van der Waals surface area (Å²) in [7, 11) is 0. The van der Waals surface area contributed by atoms with E-state index in [4.69, 9.17) is 0 Å². The Labute approximate surface area is 229 Å². The Kier molecular flexibility index (Phi) is 4.62. The zero-order valence-corrected chi connectivity index (χ0v) is 21.3. The zero-order valence-electron chi connectivity index (χ0n) is 21.3. The molecule has 0 radical (unpaired) electrons. The van der Waals surface area contributed by atoms with Crippen molar-refractivity contribution in [3.63, 3.8) is 0 Å². The molecule has 0 amide bonds. The molecule has 0 aliphatic heterocycles. The molecule has 2 aromatic heterocycles. The van der Waals surface area contributed by atoms with Crippen LogP contribution in [0.4, 0.5) is 0 Å². The van der Waals surface area contributed by atoms with Gasteiger partial charge in [-0.2, -0.15) is 10.5 Å². The number of nitrogens with zero attached hydrogens (tertiary/aromatic N) is 4. The molecule has 0 N–H and O–H groups in total. The summed E-state index contributed by atoms with van der Waals surface area (Å²) in [5.41, 5.74) is 6.49. The van der Waals surface area contributed by atoms with Crippen LogP contribution in [-0.2, 0) is 0 Å². The van der Waals surface area contributed by atoms with E-state index in [-0.39, 0.29) is 0 Å². The summed E-state index contributed by atoms with van der Waals surface area (Å²) >= 11 is 0. The van der Waals surface area contributed by atoms with Gasteiger partial charge in [0.15, 0.2) is 0 Å². The van der Waals surface area contributed by atoms with Gasteiger partial charge in [0.25, 0.3) is 0 Å². The van der Waals surface area contributed by atoms with Crippen molar-refractivity contribution in [2.45, 2.75) is 0 Å². The number of fused-ring (bicyclic) bond motifs is 8. The molecule has 0 atom stereocenters. The number of hydrogen-bond acceptors (Lipinski definition) is 2. The van der Waals surface area contributed by atoms with Crippen molar-refractivity contribution >= 4 is 54.4 Å². The minimum atomic E-state index is 0.455. The Morgan fingerprint density at radius 2 is 0.900 bits per heavy atom. The van der Waals surface area contributed by atoms with Crippen LogP contribution in [0.2, 0.25) is 0 Å². The summed E-state index contributed by atoms with van der Waals surface area (Å²) < 4.78 is 4.32. The molecule has 0 aliphatic carbocycles. The van der Waals surface area contributed by atoms with Gasteiger partial charge in [-0.25, -0.2) is 0 Å². The summed E-state index contributed by atoms with van der Waals surface area (Å²) in [6.07, 6.45) is 0. The number of rotatable bonds is 2. The molecule has 0 unspecified atom stereocenters. The maximum atomic E-state index is 10.3. The second-order valence-corrected chi connectivity index (χ2v) is 10.0. The third-order valence-electron chi connectivity index (χ3n) is 7.98. The van der Waals surface area contributed by atoms with Gasteiger partial charge in [-0.3, -0.25) is 0 Å². The number of benzene rings is 6. The highest BCUT2D eigenvalue weighted by atomic mass is 15.0. The molecule has 8 aromatic rings. The van der Waals surface area contributed by atoms with Gasteiger partial charge in [0.2, 0.25) is 0 Å². The molecule has 184 valence electrons. The van der Waals surface area contributed by atoms with Crippen molar-refractivity contribution in [2.24, 2.45) is 0 Å². The van der Waals surface area contributed by atoms with Gasteiger partial charge in [0.1, 0.15) is 12.1 Å². The molecule has 6 aromatic carbocycles. The Morgan fingerprint density at radius 1 is 0.425 bits per heavy atom. The lowest BCUT2D eigenvalue weighted by molar-refractivity contribution is 1.12. The molecule has 0 aliphatic rings. The van der Waals surface area contributed by atoms with Crippen LogP contribution in [-0.4, -0.2) is 9.13 Å². The summed E-state index contributed by atoms with van der Waals surface area (Å²) in [6, 6.07) is 46.0. The fraction of sp³-hybridized carbons (Fsp3) is 0. The molecule has 0 spiro atoms. The molecule has 4 nitrogen and oxygen atoms in total. The van der Waals surface area contributed by atoms with Crippen molar-refractivity contribution in [1.29, 1.82) is 10.5 Å². The largest absolute Gasteiger partial charge is 0.308 e. The Bertz CT molecular complexity index is 2350. The second-order valence-electron chi connectivity index (χ2n) is 10.0. The quantitative estimate of drug-likeness (QED) is 0.234. The summed E-state index contributed by atoms with van der Waals surface area (Å²) in [4.78, 5) is 0. The average molecular weight is 509 g/mol. The number of hydrogen-bond donors (Lipinski definition) is 0. The van der Waals surface area contributed by atoms with Gasteiger partial charge in [-0.15, -0.1) is 0 Å². The SMILES string of the molecule is N#Cc1cc(C#N)c(-n2c3ccccc3c3c4ccccc4ccc32)cc1-n1c2ccccc2c2ccccc21. The van der Waals surface area contributed by atoms with Crippen LogP contribution in [0.25, 0.3) is 65.8 Å². The standard InChI is InChI=1S/C36H20N4/c37-21-24-19-25(22-38)35(20-34(24)39-30-14-6-3-11-27(30)28-12-4-7-15-31(28)39)40-32-16-8-5-13-29(32)36-26-10-2-1-9-23(26)17-18-33(36)40/h1-20H. The Morgan fingerprint density at radius 3 is 1.50 bits per heavy atom. The maximum absolute atomic E-state index is 10.3. The van der Waals surface area contributed by atoms with E-state index in [0.29, 0.717) is 11.1 Å². The van der Waals surface area contributed by atoms with Crippen molar-refractivity contribution in [3.05, 3.63) is 132 Å². The van der Waals surface area contributed by atoms with Gasteiger partial charge in [0, 0.05) is 21.5 Å². The fourth-order valence-corrected chi connectivity index (χ4v) is 6.31. The van der Waals surface area contributed by atoms with Gasteiger partial charge >= 0.3 is 0 Å². The van der Waals surface area contributed by atoms with Crippen LogP contribution in [0, 0.1) is 22.7 Å². The van der Waals surface area contributed by atoms with E-state index in [1.165, 1.54) is 10.8 Å². The smallest absolute Gasteiger partial charge is 0.101 e. The molecule has 0 bridgehead atoms. The highest BCUT2D eigenvalue weighted by Crippen LogP contribution is 2.39. The third-order valence-corrected chi connectivity index (χ3v) is 7.98. The van der Waals surface area contributed by atoms with E-state index in [9.17, 15) is 10.5 Å². The Balaban J connectivity index is 1.54. The van der Waals surface area contributed by atoms with E-state index < -0.39 is 0 Å². The molecule has 0 saturated heterocycles. The molecular weight excluding hydrogens is 488 g/mol. The first kappa shape index (κ1) is 22.2. The van der Waals surface area contributed by atoms with E-state index in [1.54, 1.807) is 6.07 Å². The van der Waals surface area contributed by atoms with Crippen LogP contribution in [0.3, 0.4) is 0 Å². The van der Waals surface area contributed by atoms with Gasteiger partial charge in [0.05, 0.1) is 44.6 Å². The topological polar surface area (TPSA) is 57.4 Å². The maximum Gasteiger partial charge on any atom is 0.101 e. The number of nitriles is 2. The number of para-hydroxylation sites is 3. The fourth-order valence-electron chi connectivity index (χ4n) is 6.31. The monoisotopic (exact) mass is 508 g/mol. The van der Waals surface area contributed by atoms with Gasteiger partial charge < -0.3 is 9.13 Å². The highest BCUT2D eigenvalue weighted by Gasteiger charge is 2.21. The molecule has 8 rings (SSSR count). The van der Waals surface area contributed by atoms with Crippen LogP contribution < -0.4 is 0 Å². The molecular formula is C36H20N4. The summed E-state index contributed by atoms with van der Waals surface area (Å²) in [5.74, 6) is 0. The van der Waals surface area contributed by atoms with Crippen LogP contribution in [0.5, 0.6) is 0 Å². The minimum Gasteiger partial charge on any atom is -0.308 e. The lowest BCUT2D eigenvalue weighted by Gasteiger charge is -2.16. The molecule has 0 saturated carbocycles. The molecule has 4 heteroatoms. The van der Waals surface area contributed by atoms with Crippen molar-refractivity contribution in [2.75, 3.05) is 0 Å². The predicted molar refractivity (Wildman–Crippen MR) is 162 cm³/mol. The van der Waals surface area contributed by atoms with E-state index in [2.05, 4.69) is 100 Å². The zero-order chi connectivity index (χ0) is 26.8. The van der Waals surface area contributed by atoms with Gasteiger partial charge in [-0.1, -0.05) is 84.9 Å². The van der Waals surface area contributed by atoms with Crippen LogP contribution in [0.15, 0.2) is 121 Å². The predicted octanol–water partition coefficient (Wildman–Crippen LogP) is 8.78. The molecule has 0 fully saturated rings. The van der Waals surface area contributed by atoms with E-state index in [1.807, 2.05) is 36.4 Å². The van der Waals surface area contributed by atoms with Crippen LogP contribution >= 0.6 is 0 Å². The first-order valence-electron chi connectivity index (χ1n) is 13.2. The van der Waals surface area contributed by atoms with Crippen molar-refractivity contribution in [1.82, 2.24) is 9.13 Å². The van der Waals surface area contributed by atoms with Gasteiger partial charge in [-0.05, 0) is 47.2 Å². The van der Waals surface area contributed by atoms with Crippen molar-refractivity contribution < 1.29 is 0 Å². The minimum absolute atomic E-state index is 0.455. The first-order chi connectivity index (χ1) is 19.8.